The van der Waals surface area contributed by atoms with Crippen LogP contribution in [0.5, 0.6) is 28.7 Å². The van der Waals surface area contributed by atoms with Crippen molar-refractivity contribution in [2.45, 2.75) is 32.8 Å². The second-order valence-electron chi connectivity index (χ2n) is 12.6. The molecule has 0 bridgehead atoms. The minimum absolute atomic E-state index is 0.0816. The summed E-state index contributed by atoms with van der Waals surface area (Å²) in [5, 5.41) is 3.29. The molecule has 0 spiro atoms. The van der Waals surface area contributed by atoms with Crippen LogP contribution < -0.4 is 34.6 Å². The molecule has 0 atom stereocenters. The molecule has 0 radical (unpaired) electrons. The number of pyridine rings is 1. The molecule has 0 aliphatic carbocycles. The third-order valence-corrected chi connectivity index (χ3v) is 8.06. The molecule has 0 unspecified atom stereocenters. The third kappa shape index (κ3) is 7.91. The summed E-state index contributed by atoms with van der Waals surface area (Å²) in [6.07, 6.45) is -0.0229. The van der Waals surface area contributed by atoms with Gasteiger partial charge in [-0.1, -0.05) is 30.3 Å². The normalized spacial score (nSPS) is 11.1. The molecule has 1 amide bonds. The van der Waals surface area contributed by atoms with E-state index in [1.165, 1.54) is 40.1 Å². The van der Waals surface area contributed by atoms with Gasteiger partial charge in [0.05, 0.1) is 47.5 Å². The first-order valence-electron chi connectivity index (χ1n) is 16.4. The number of amides is 1. The maximum atomic E-state index is 14.7. The van der Waals surface area contributed by atoms with Crippen LogP contribution in [0.1, 0.15) is 36.8 Å². The van der Waals surface area contributed by atoms with E-state index in [-0.39, 0.29) is 11.1 Å². The Morgan fingerprint density at radius 3 is 1.90 bits per heavy atom. The van der Waals surface area contributed by atoms with Crippen molar-refractivity contribution in [1.82, 2.24) is 4.57 Å². The Hall–Kier alpha value is -6.17. The van der Waals surface area contributed by atoms with Gasteiger partial charge in [-0.05, 0) is 80.4 Å². The average molecular weight is 711 g/mol. The van der Waals surface area contributed by atoms with E-state index in [4.69, 9.17) is 33.2 Å². The van der Waals surface area contributed by atoms with Gasteiger partial charge in [-0.2, -0.15) is 0 Å². The lowest BCUT2D eigenvalue weighted by molar-refractivity contribution is 0.0589. The average Bonchev–Trinajstić information content (AvgIpc) is 3.13. The highest BCUT2D eigenvalue weighted by Gasteiger charge is 2.28. The molecular formula is C40H42N2O10. The summed E-state index contributed by atoms with van der Waals surface area (Å²) in [6.45, 7) is 5.59. The maximum Gasteiger partial charge on any atom is 0.412 e. The van der Waals surface area contributed by atoms with E-state index in [0.29, 0.717) is 69.7 Å². The molecule has 5 aromatic rings. The molecule has 0 aliphatic heterocycles. The van der Waals surface area contributed by atoms with Gasteiger partial charge < -0.3 is 33.2 Å². The van der Waals surface area contributed by atoms with Crippen molar-refractivity contribution < 1.29 is 42.7 Å². The zero-order chi connectivity index (χ0) is 37.6. The maximum absolute atomic E-state index is 14.7. The predicted molar refractivity (Wildman–Crippen MR) is 198 cm³/mol. The lowest BCUT2D eigenvalue weighted by Gasteiger charge is -2.22. The van der Waals surface area contributed by atoms with E-state index in [9.17, 15) is 14.4 Å². The highest BCUT2D eigenvalue weighted by Crippen LogP contribution is 2.45. The highest BCUT2D eigenvalue weighted by atomic mass is 16.6. The molecule has 1 N–H and O–H groups in total. The molecule has 1 heterocycles. The first-order chi connectivity index (χ1) is 24.9. The number of nitrogens with one attached hydrogen (secondary N) is 1. The number of hydrogen-bond donors (Lipinski definition) is 1. The number of esters is 1. The number of anilines is 1. The van der Waals surface area contributed by atoms with Gasteiger partial charge in [0.25, 0.3) is 5.56 Å². The largest absolute Gasteiger partial charge is 0.493 e. The van der Waals surface area contributed by atoms with E-state index in [0.717, 1.165) is 5.56 Å². The van der Waals surface area contributed by atoms with Crippen LogP contribution in [0.25, 0.3) is 27.6 Å². The molecule has 0 fully saturated rings. The van der Waals surface area contributed by atoms with Crippen LogP contribution in [0.15, 0.2) is 83.7 Å². The van der Waals surface area contributed by atoms with Gasteiger partial charge in [0.2, 0.25) is 5.75 Å². The van der Waals surface area contributed by atoms with Crippen LogP contribution >= 0.6 is 0 Å². The molecule has 1 aromatic heterocycles. The van der Waals surface area contributed by atoms with Gasteiger partial charge in [0.1, 0.15) is 11.3 Å². The van der Waals surface area contributed by atoms with Crippen LogP contribution in [0.3, 0.4) is 0 Å². The van der Waals surface area contributed by atoms with E-state index in [1.807, 2.05) is 30.3 Å². The Labute approximate surface area is 301 Å². The quantitative estimate of drug-likeness (QED) is 0.130. The number of benzene rings is 4. The zero-order valence-corrected chi connectivity index (χ0v) is 30.4. The number of fused-ring (bicyclic) bond motifs is 1. The van der Waals surface area contributed by atoms with Crippen LogP contribution in [0.2, 0.25) is 0 Å². The molecule has 5 rings (SSSR count). The molecular weight excluding hydrogens is 668 g/mol. The molecule has 272 valence electrons. The summed E-state index contributed by atoms with van der Waals surface area (Å²) >= 11 is 0. The monoisotopic (exact) mass is 710 g/mol. The number of rotatable bonds is 12. The van der Waals surface area contributed by atoms with E-state index in [1.54, 1.807) is 69.3 Å². The molecule has 12 heteroatoms. The number of aromatic nitrogens is 1. The molecule has 52 heavy (non-hydrogen) atoms. The number of carbonyl (C=O) groups is 2. The van der Waals surface area contributed by atoms with Crippen molar-refractivity contribution in [2.75, 3.05) is 47.5 Å². The topological polar surface area (TPSA) is 133 Å². The molecule has 0 aliphatic rings. The van der Waals surface area contributed by atoms with Crippen molar-refractivity contribution in [2.24, 2.45) is 0 Å². The summed E-state index contributed by atoms with van der Waals surface area (Å²) in [7, 11) is 7.19. The van der Waals surface area contributed by atoms with E-state index in [2.05, 4.69) is 5.32 Å². The summed E-state index contributed by atoms with van der Waals surface area (Å²) < 4.78 is 40.8. The smallest absolute Gasteiger partial charge is 0.412 e. The van der Waals surface area contributed by atoms with Crippen molar-refractivity contribution >= 4 is 28.5 Å². The van der Waals surface area contributed by atoms with Crippen LogP contribution in [-0.4, -0.2) is 64.4 Å². The van der Waals surface area contributed by atoms with Gasteiger partial charge in [-0.3, -0.25) is 14.7 Å². The molecule has 12 nitrogen and oxygen atoms in total. The molecule has 0 saturated carbocycles. The minimum atomic E-state index is -0.791. The fraction of sp³-hybridized carbons (Fsp3) is 0.275. The summed E-state index contributed by atoms with van der Waals surface area (Å²) in [6, 6.07) is 22.9. The van der Waals surface area contributed by atoms with Gasteiger partial charge in [0, 0.05) is 28.7 Å². The van der Waals surface area contributed by atoms with E-state index >= 15 is 0 Å². The number of nitrogens with zero attached hydrogens (tertiary/aromatic N) is 1. The van der Waals surface area contributed by atoms with Gasteiger partial charge >= 0.3 is 12.1 Å². The summed E-state index contributed by atoms with van der Waals surface area (Å²) in [5.41, 5.74) is 1.28. The second-order valence-corrected chi connectivity index (χ2v) is 12.6. The van der Waals surface area contributed by atoms with Crippen molar-refractivity contribution in [1.29, 1.82) is 0 Å². The lowest BCUT2D eigenvalue weighted by Crippen LogP contribution is -2.27. The fourth-order valence-corrected chi connectivity index (χ4v) is 5.77. The summed E-state index contributed by atoms with van der Waals surface area (Å²) in [5.74, 6) is 0.882. The van der Waals surface area contributed by atoms with E-state index < -0.39 is 23.2 Å². The van der Waals surface area contributed by atoms with Crippen LogP contribution in [0.4, 0.5) is 10.5 Å². The number of hydrogen-bond acceptors (Lipinski definition) is 10. The molecule has 4 aromatic carbocycles. The Bertz CT molecular complexity index is 2110. The first-order valence-corrected chi connectivity index (χ1v) is 16.4. The number of ether oxygens (including phenoxy) is 7. The number of methoxy groups -OCH3 is 5. The molecule has 0 saturated heterocycles. The third-order valence-electron chi connectivity index (χ3n) is 8.06. The SMILES string of the molecule is COC(=O)c1c(-c2cc(OC)c(OC)c(OC)c2)c2cc(OC)c(OCCc3ccccc3)cc2c(=O)n1-c1ccc(NC(=O)OC(C)(C)C)cc1. The van der Waals surface area contributed by atoms with Gasteiger partial charge in [-0.25, -0.2) is 9.59 Å². The predicted octanol–water partition coefficient (Wildman–Crippen LogP) is 7.45. The zero-order valence-electron chi connectivity index (χ0n) is 30.4. The number of carbonyl (C=O) groups excluding carboxylic acids is 2. The standard InChI is InChI=1S/C40H42N2O10/c1-40(2,3)52-39(45)41-26-14-16-27(17-15-26)42-35(38(44)50-8)34(25-20-32(47-5)36(49-7)33(21-25)48-6)28-22-30(46-4)31(23-29(28)37(42)43)51-19-18-24-12-10-9-11-13-24/h9-17,20-23H,18-19H2,1-8H3,(H,41,45). The lowest BCUT2D eigenvalue weighted by atomic mass is 9.95. The Morgan fingerprint density at radius 1 is 0.731 bits per heavy atom. The Balaban J connectivity index is 1.78. The van der Waals surface area contributed by atoms with Gasteiger partial charge in [0.15, 0.2) is 23.0 Å². The Kier molecular flexibility index (Phi) is 11.3. The van der Waals surface area contributed by atoms with Crippen LogP contribution in [0, 0.1) is 0 Å². The van der Waals surface area contributed by atoms with Crippen LogP contribution in [-0.2, 0) is 15.9 Å². The van der Waals surface area contributed by atoms with Crippen molar-refractivity contribution in [3.63, 3.8) is 0 Å². The second kappa shape index (κ2) is 15.8. The highest BCUT2D eigenvalue weighted by molar-refractivity contribution is 6.08. The first kappa shape index (κ1) is 37.1. The van der Waals surface area contributed by atoms with Crippen molar-refractivity contribution in [3.8, 4) is 45.6 Å². The minimum Gasteiger partial charge on any atom is -0.493 e. The fourth-order valence-electron chi connectivity index (χ4n) is 5.77. The van der Waals surface area contributed by atoms with Crippen molar-refractivity contribution in [3.05, 3.63) is 100 Å². The van der Waals surface area contributed by atoms with Gasteiger partial charge in [-0.15, -0.1) is 0 Å². The summed E-state index contributed by atoms with van der Waals surface area (Å²) in [4.78, 5) is 41.0. The Morgan fingerprint density at radius 2 is 1.35 bits per heavy atom.